The Morgan fingerprint density at radius 2 is 1.94 bits per heavy atom. The number of amides is 3. The van der Waals surface area contributed by atoms with Crippen molar-refractivity contribution in [1.82, 2.24) is 10.2 Å². The first-order valence-electron chi connectivity index (χ1n) is 12.6. The van der Waals surface area contributed by atoms with Crippen molar-refractivity contribution < 1.29 is 23.8 Å². The van der Waals surface area contributed by atoms with Gasteiger partial charge in [-0.1, -0.05) is 26.8 Å². The van der Waals surface area contributed by atoms with Gasteiger partial charge in [-0.05, 0) is 67.1 Å². The Hall–Kier alpha value is -2.19. The Kier molecular flexibility index (Phi) is 7.48. The number of aliphatic hydroxyl groups is 1. The number of nitrogens with one attached hydrogen (secondary N) is 2. The summed E-state index contributed by atoms with van der Waals surface area (Å²) < 4.78 is 18.8. The highest BCUT2D eigenvalue weighted by molar-refractivity contribution is 5.89. The number of fused-ring (bicyclic) bond motifs is 1. The topological polar surface area (TPSA) is 90.9 Å². The van der Waals surface area contributed by atoms with Gasteiger partial charge in [0.15, 0.2) is 0 Å². The third-order valence-electron chi connectivity index (χ3n) is 8.64. The van der Waals surface area contributed by atoms with E-state index in [0.29, 0.717) is 32.0 Å². The monoisotopic (exact) mass is 475 g/mol. The molecular weight excluding hydrogens is 437 g/mol. The fourth-order valence-corrected chi connectivity index (χ4v) is 6.65. The van der Waals surface area contributed by atoms with Crippen molar-refractivity contribution in [2.75, 3.05) is 31.6 Å². The van der Waals surface area contributed by atoms with Crippen LogP contribution in [0.25, 0.3) is 0 Å². The molecule has 2 saturated carbocycles. The number of rotatable bonds is 4. The summed E-state index contributed by atoms with van der Waals surface area (Å²) in [7, 11) is 0. The first-order chi connectivity index (χ1) is 16.2. The number of hydrogen-bond donors (Lipinski definition) is 3. The molecule has 7 nitrogen and oxygen atoms in total. The number of hydrogen-bond acceptors (Lipinski definition) is 4. The molecule has 7 atom stereocenters. The van der Waals surface area contributed by atoms with Gasteiger partial charge in [0.1, 0.15) is 5.82 Å². The number of carbonyl (C=O) groups excluding carboxylic acids is 2. The number of anilines is 1. The van der Waals surface area contributed by atoms with E-state index in [4.69, 9.17) is 4.74 Å². The van der Waals surface area contributed by atoms with Gasteiger partial charge in [0.05, 0.1) is 19.3 Å². The van der Waals surface area contributed by atoms with E-state index < -0.39 is 11.9 Å². The number of aliphatic hydroxyl groups excluding tert-OH is 1. The average Bonchev–Trinajstić information content (AvgIpc) is 2.81. The van der Waals surface area contributed by atoms with Crippen LogP contribution in [0.1, 0.15) is 46.5 Å². The van der Waals surface area contributed by atoms with E-state index in [2.05, 4.69) is 24.5 Å². The van der Waals surface area contributed by atoms with Crippen LogP contribution in [0, 0.1) is 34.9 Å². The van der Waals surface area contributed by atoms with Crippen molar-refractivity contribution in [2.24, 2.45) is 29.1 Å². The molecule has 0 bridgehead atoms. The Bertz CT molecular complexity index is 893. The van der Waals surface area contributed by atoms with E-state index >= 15 is 0 Å². The minimum Gasteiger partial charge on any atom is -0.392 e. The second kappa shape index (κ2) is 10.2. The van der Waals surface area contributed by atoms with Crippen molar-refractivity contribution in [2.45, 2.75) is 58.6 Å². The highest BCUT2D eigenvalue weighted by Gasteiger charge is 2.54. The largest absolute Gasteiger partial charge is 0.392 e. The second-order valence-electron chi connectivity index (χ2n) is 10.7. The molecule has 4 rings (SSSR count). The summed E-state index contributed by atoms with van der Waals surface area (Å²) in [5.74, 6) is -0.634. The predicted molar refractivity (Wildman–Crippen MR) is 128 cm³/mol. The summed E-state index contributed by atoms with van der Waals surface area (Å²) in [4.78, 5) is 27.6. The number of carbonyl (C=O) groups is 2. The lowest BCUT2D eigenvalue weighted by atomic mass is 9.51. The number of halogens is 1. The molecule has 1 aromatic rings. The average molecular weight is 476 g/mol. The normalized spacial score (nSPS) is 34.6. The van der Waals surface area contributed by atoms with E-state index in [9.17, 15) is 19.1 Å². The maximum Gasteiger partial charge on any atom is 0.319 e. The van der Waals surface area contributed by atoms with Crippen LogP contribution in [-0.4, -0.2) is 60.4 Å². The maximum atomic E-state index is 13.5. The quantitative estimate of drug-likeness (QED) is 0.620. The molecule has 3 fully saturated rings. The van der Waals surface area contributed by atoms with E-state index in [0.717, 1.165) is 25.7 Å². The van der Waals surface area contributed by atoms with Crippen LogP contribution < -0.4 is 10.6 Å². The third-order valence-corrected chi connectivity index (χ3v) is 8.64. The van der Waals surface area contributed by atoms with E-state index in [1.807, 2.05) is 11.8 Å². The predicted octanol–water partition coefficient (Wildman–Crippen LogP) is 3.63. The summed E-state index contributed by atoms with van der Waals surface area (Å²) in [5, 5.41) is 17.3. The van der Waals surface area contributed by atoms with E-state index in [1.165, 1.54) is 12.1 Å². The Balaban J connectivity index is 1.42. The van der Waals surface area contributed by atoms with Gasteiger partial charge in [-0.3, -0.25) is 4.79 Å². The summed E-state index contributed by atoms with van der Waals surface area (Å²) in [6.45, 7) is 8.62. The minimum absolute atomic E-state index is 0.0144. The van der Waals surface area contributed by atoms with E-state index in [1.54, 1.807) is 12.1 Å². The number of ether oxygens (including phenoxy) is 1. The molecule has 1 aliphatic heterocycles. The Morgan fingerprint density at radius 1 is 1.24 bits per heavy atom. The molecule has 0 unspecified atom stereocenters. The first-order valence-corrected chi connectivity index (χ1v) is 12.6. The van der Waals surface area contributed by atoms with Crippen molar-refractivity contribution in [1.29, 1.82) is 0 Å². The van der Waals surface area contributed by atoms with Crippen molar-refractivity contribution in [3.05, 3.63) is 30.1 Å². The zero-order valence-corrected chi connectivity index (χ0v) is 20.4. The SMILES string of the molecule is C[C@@H]1[C@@H]2[C@@H](O)[C@@H]([C@H](C)C(=O)N3CCOCC3)CC[C@]2(C)CC[C@@H]1NC(=O)Nc1cccc(F)c1. The lowest BCUT2D eigenvalue weighted by Crippen LogP contribution is -2.59. The maximum absolute atomic E-state index is 13.5. The highest BCUT2D eigenvalue weighted by Crippen LogP contribution is 2.55. The molecule has 3 aliphatic rings. The molecule has 3 amide bonds. The minimum atomic E-state index is -0.607. The van der Waals surface area contributed by atoms with Crippen molar-refractivity contribution in [3.63, 3.8) is 0 Å². The first kappa shape index (κ1) is 24.9. The molecule has 2 aliphatic carbocycles. The molecule has 1 heterocycles. The van der Waals surface area contributed by atoms with Gasteiger partial charge >= 0.3 is 6.03 Å². The summed E-state index contributed by atoms with van der Waals surface area (Å²) >= 11 is 0. The van der Waals surface area contributed by atoms with Gasteiger partial charge < -0.3 is 25.4 Å². The molecule has 0 radical (unpaired) electrons. The molecule has 8 heteroatoms. The van der Waals surface area contributed by atoms with Crippen molar-refractivity contribution in [3.8, 4) is 0 Å². The van der Waals surface area contributed by atoms with Gasteiger partial charge in [-0.2, -0.15) is 0 Å². The summed E-state index contributed by atoms with van der Waals surface area (Å²) in [6, 6.07) is 5.33. The number of nitrogens with zero attached hydrogens (tertiary/aromatic N) is 1. The molecule has 188 valence electrons. The molecular formula is C26H38FN3O4. The van der Waals surface area contributed by atoms with Crippen LogP contribution >= 0.6 is 0 Å². The van der Waals surface area contributed by atoms with Crippen LogP contribution in [-0.2, 0) is 9.53 Å². The zero-order chi connectivity index (χ0) is 24.5. The van der Waals surface area contributed by atoms with Crippen LogP contribution in [0.3, 0.4) is 0 Å². The van der Waals surface area contributed by atoms with Crippen LogP contribution in [0.15, 0.2) is 24.3 Å². The number of morpholine rings is 1. The fourth-order valence-electron chi connectivity index (χ4n) is 6.65. The van der Waals surface area contributed by atoms with Crippen LogP contribution in [0.2, 0.25) is 0 Å². The molecule has 34 heavy (non-hydrogen) atoms. The zero-order valence-electron chi connectivity index (χ0n) is 20.4. The van der Waals surface area contributed by atoms with Gasteiger partial charge in [-0.15, -0.1) is 0 Å². The highest BCUT2D eigenvalue weighted by atomic mass is 19.1. The molecule has 1 saturated heterocycles. The molecule has 0 spiro atoms. The molecule has 3 N–H and O–H groups in total. The van der Waals surface area contributed by atoms with Gasteiger partial charge in [-0.25, -0.2) is 9.18 Å². The Morgan fingerprint density at radius 3 is 2.65 bits per heavy atom. The van der Waals surface area contributed by atoms with Crippen molar-refractivity contribution >= 4 is 17.6 Å². The molecule has 0 aromatic heterocycles. The number of benzene rings is 1. The van der Waals surface area contributed by atoms with Gasteiger partial charge in [0.25, 0.3) is 0 Å². The second-order valence-corrected chi connectivity index (χ2v) is 10.7. The van der Waals surface area contributed by atoms with E-state index in [-0.39, 0.29) is 47.1 Å². The number of urea groups is 1. The van der Waals surface area contributed by atoms with Gasteiger partial charge in [0.2, 0.25) is 5.91 Å². The van der Waals surface area contributed by atoms with Crippen LogP contribution in [0.4, 0.5) is 14.9 Å². The molecule has 1 aromatic carbocycles. The summed E-state index contributed by atoms with van der Waals surface area (Å²) in [5.41, 5.74) is 0.382. The third kappa shape index (κ3) is 5.08. The lowest BCUT2D eigenvalue weighted by Gasteiger charge is -2.56. The Labute approximate surface area is 201 Å². The standard InChI is InChI=1S/C26H38FN3O4/c1-16(24(32)30-11-13-34-14-12-30)20-7-9-26(3)10-8-21(17(2)22(26)23(20)31)29-25(33)28-19-6-4-5-18(27)15-19/h4-6,15-17,20-23,31H,7-14H2,1-3H3,(H2,28,29,33)/t16-,17-,20+,21-,22+,23-,26+/m0/s1. The van der Waals surface area contributed by atoms with Crippen LogP contribution in [0.5, 0.6) is 0 Å². The smallest absolute Gasteiger partial charge is 0.319 e. The lowest BCUT2D eigenvalue weighted by molar-refractivity contribution is -0.153. The summed E-state index contributed by atoms with van der Waals surface area (Å²) in [6.07, 6.45) is 2.92. The fraction of sp³-hybridized carbons (Fsp3) is 0.692. The van der Waals surface area contributed by atoms with Gasteiger partial charge in [0, 0.05) is 30.7 Å².